The van der Waals surface area contributed by atoms with Gasteiger partial charge in [0, 0.05) is 11.6 Å². The van der Waals surface area contributed by atoms with Gasteiger partial charge in [0.15, 0.2) is 5.69 Å². The van der Waals surface area contributed by atoms with Gasteiger partial charge in [-0.25, -0.2) is 4.39 Å². The smallest absolute Gasteiger partial charge is 0.207 e. The molecule has 2 aromatic rings. The van der Waals surface area contributed by atoms with Gasteiger partial charge in [0.25, 0.3) is 0 Å². The Morgan fingerprint density at radius 3 is 2.36 bits per heavy atom. The van der Waals surface area contributed by atoms with E-state index >= 15 is 0 Å². The van der Waals surface area contributed by atoms with E-state index < -0.39 is 22.3 Å². The van der Waals surface area contributed by atoms with Gasteiger partial charge in [-0.15, -0.1) is 4.59 Å². The van der Waals surface area contributed by atoms with E-state index in [1.54, 1.807) is 6.07 Å². The van der Waals surface area contributed by atoms with Crippen LogP contribution in [0, 0.1) is 11.9 Å². The molecular weight excluding hydrogens is 379 g/mol. The van der Waals surface area contributed by atoms with Gasteiger partial charge in [-0.2, -0.15) is 13.2 Å². The van der Waals surface area contributed by atoms with E-state index in [4.69, 9.17) is 23.2 Å². The molecular formula is C17H10Cl2F4N2+. The lowest BCUT2D eigenvalue weighted by molar-refractivity contribution is -0.0584. The first-order valence-corrected chi connectivity index (χ1v) is 7.76. The molecule has 25 heavy (non-hydrogen) atoms. The fraction of sp³-hybridized carbons (Fsp3) is 0.118. The van der Waals surface area contributed by atoms with Crippen LogP contribution in [0.3, 0.4) is 0 Å². The van der Waals surface area contributed by atoms with E-state index in [-0.39, 0.29) is 5.02 Å². The van der Waals surface area contributed by atoms with Crippen molar-refractivity contribution in [3.63, 3.8) is 0 Å². The molecule has 2 nitrogen and oxygen atoms in total. The Balaban J connectivity index is 2.17. The number of quaternary nitrogens is 1. The summed E-state index contributed by atoms with van der Waals surface area (Å²) >= 11 is 11.9. The summed E-state index contributed by atoms with van der Waals surface area (Å²) in [6.45, 7) is 0. The van der Waals surface area contributed by atoms with Crippen LogP contribution in [0.4, 0.5) is 23.2 Å². The normalized spacial score (nSPS) is 20.0. The number of halogens is 6. The maximum Gasteiger partial charge on any atom is 0.439 e. The summed E-state index contributed by atoms with van der Waals surface area (Å²) in [6.07, 6.45) is -1.32. The lowest BCUT2D eigenvalue weighted by atomic mass is 10.0. The topological polar surface area (TPSA) is 12.4 Å². The van der Waals surface area contributed by atoms with Crippen molar-refractivity contribution in [1.29, 1.82) is 0 Å². The standard InChI is InChI=1S/C17H10Cl2F4N2/c1-25(7-6-16(24-25)17(21,22)23)15-5-3-11(20)9-12(15)10-2-4-13(18)14(19)8-10/h2-5,7-9H,1H3/q+1. The van der Waals surface area contributed by atoms with E-state index in [0.29, 0.717) is 21.8 Å². The number of hydrogen-bond acceptors (Lipinski definition) is 1. The van der Waals surface area contributed by atoms with Crippen molar-refractivity contribution in [2.24, 2.45) is 5.10 Å². The second-order valence-corrected chi connectivity index (χ2v) is 6.35. The zero-order valence-corrected chi connectivity index (χ0v) is 14.2. The third-order valence-corrected chi connectivity index (χ3v) is 4.44. The molecule has 1 heterocycles. The van der Waals surface area contributed by atoms with E-state index in [1.165, 1.54) is 31.3 Å². The van der Waals surface area contributed by atoms with Gasteiger partial charge >= 0.3 is 6.18 Å². The summed E-state index contributed by atoms with van der Waals surface area (Å²) in [7, 11) is 1.44. The monoisotopic (exact) mass is 388 g/mol. The fourth-order valence-corrected chi connectivity index (χ4v) is 2.81. The highest BCUT2D eigenvalue weighted by Gasteiger charge is 2.43. The van der Waals surface area contributed by atoms with E-state index in [9.17, 15) is 17.6 Å². The third-order valence-electron chi connectivity index (χ3n) is 3.71. The lowest BCUT2D eigenvalue weighted by Gasteiger charge is -2.23. The molecule has 1 atom stereocenters. The van der Waals surface area contributed by atoms with Gasteiger partial charge < -0.3 is 0 Å². The molecule has 0 N–H and O–H groups in total. The van der Waals surface area contributed by atoms with Crippen LogP contribution in [-0.2, 0) is 0 Å². The van der Waals surface area contributed by atoms with Crippen LogP contribution in [0.15, 0.2) is 47.7 Å². The predicted octanol–water partition coefficient (Wildman–Crippen LogP) is 5.99. The van der Waals surface area contributed by atoms with Crippen molar-refractivity contribution in [2.45, 2.75) is 6.18 Å². The van der Waals surface area contributed by atoms with Crippen LogP contribution >= 0.6 is 23.2 Å². The second-order valence-electron chi connectivity index (χ2n) is 5.54. The van der Waals surface area contributed by atoms with Gasteiger partial charge in [0.2, 0.25) is 5.71 Å². The zero-order valence-electron chi connectivity index (χ0n) is 12.7. The number of nitrogens with zero attached hydrogens (tertiary/aromatic N) is 2. The Bertz CT molecular complexity index is 906. The molecule has 0 fully saturated rings. The van der Waals surface area contributed by atoms with Gasteiger partial charge in [-0.3, -0.25) is 0 Å². The summed E-state index contributed by atoms with van der Waals surface area (Å²) in [5, 5.41) is 4.26. The molecule has 0 bridgehead atoms. The molecule has 1 aliphatic heterocycles. The van der Waals surface area contributed by atoms with Crippen molar-refractivity contribution in [2.75, 3.05) is 7.05 Å². The molecule has 1 unspecified atom stereocenters. The number of allylic oxidation sites excluding steroid dienone is 1. The minimum Gasteiger partial charge on any atom is -0.207 e. The molecule has 1 radical (unpaired) electrons. The Morgan fingerprint density at radius 1 is 1.04 bits per heavy atom. The lowest BCUT2D eigenvalue weighted by Crippen LogP contribution is -2.32. The van der Waals surface area contributed by atoms with Crippen molar-refractivity contribution in [3.8, 4) is 11.1 Å². The molecule has 0 saturated carbocycles. The molecule has 0 saturated heterocycles. The second kappa shape index (κ2) is 6.12. The fourth-order valence-electron chi connectivity index (χ4n) is 2.51. The third kappa shape index (κ3) is 3.42. The molecule has 2 aromatic carbocycles. The number of alkyl halides is 3. The molecule has 0 amide bonds. The zero-order chi connectivity index (χ0) is 18.4. The molecule has 129 valence electrons. The highest BCUT2D eigenvalue weighted by Crippen LogP contribution is 2.40. The highest BCUT2D eigenvalue weighted by atomic mass is 35.5. The maximum atomic E-state index is 13.8. The summed E-state index contributed by atoms with van der Waals surface area (Å²) < 4.78 is 51.9. The SMILES string of the molecule is C[N+]1(c2ccc(F)cc2-c2ccc(Cl)c(Cl)c2)C=[C]C(C(F)(F)F)=N1. The summed E-state index contributed by atoms with van der Waals surface area (Å²) in [4.78, 5) is 0. The van der Waals surface area contributed by atoms with Gasteiger partial charge in [-0.1, -0.05) is 34.4 Å². The van der Waals surface area contributed by atoms with Crippen LogP contribution in [0.1, 0.15) is 0 Å². The van der Waals surface area contributed by atoms with Gasteiger partial charge in [0.1, 0.15) is 19.1 Å². The quantitative estimate of drug-likeness (QED) is 0.442. The molecule has 3 rings (SSSR count). The first-order valence-electron chi connectivity index (χ1n) is 7.00. The van der Waals surface area contributed by atoms with Crippen molar-refractivity contribution in [3.05, 3.63) is 64.5 Å². The van der Waals surface area contributed by atoms with Crippen LogP contribution in [-0.4, -0.2) is 18.9 Å². The van der Waals surface area contributed by atoms with E-state index in [1.807, 2.05) is 0 Å². The minimum absolute atomic E-state index is 0.250. The molecule has 0 spiro atoms. The number of benzene rings is 2. The van der Waals surface area contributed by atoms with Crippen molar-refractivity contribution in [1.82, 2.24) is 4.59 Å². The van der Waals surface area contributed by atoms with Crippen LogP contribution < -0.4 is 4.59 Å². The number of hydrogen-bond donors (Lipinski definition) is 0. The molecule has 0 aromatic heterocycles. The Morgan fingerprint density at radius 2 is 1.76 bits per heavy atom. The average Bonchev–Trinajstić information content (AvgIpc) is 2.93. The van der Waals surface area contributed by atoms with Gasteiger partial charge in [0.05, 0.1) is 16.1 Å². The summed E-state index contributed by atoms with van der Waals surface area (Å²) in [5.41, 5.74) is 0.0737. The number of rotatable bonds is 2. The first-order chi connectivity index (χ1) is 11.6. The van der Waals surface area contributed by atoms with Crippen molar-refractivity contribution < 1.29 is 17.6 Å². The first kappa shape index (κ1) is 17.9. The van der Waals surface area contributed by atoms with E-state index in [0.717, 1.165) is 12.3 Å². The molecule has 8 heteroatoms. The van der Waals surface area contributed by atoms with Crippen LogP contribution in [0.2, 0.25) is 10.0 Å². The summed E-state index contributed by atoms with van der Waals surface area (Å²) in [5.74, 6) is -0.538. The maximum absolute atomic E-state index is 13.8. The highest BCUT2D eigenvalue weighted by molar-refractivity contribution is 6.42. The Hall–Kier alpha value is -1.89. The summed E-state index contributed by atoms with van der Waals surface area (Å²) in [6, 6.07) is 8.42. The van der Waals surface area contributed by atoms with E-state index in [2.05, 4.69) is 11.2 Å². The molecule has 0 aliphatic carbocycles. The van der Waals surface area contributed by atoms with Crippen molar-refractivity contribution >= 4 is 34.6 Å². The van der Waals surface area contributed by atoms with Crippen LogP contribution in [0.25, 0.3) is 11.1 Å². The molecule has 1 aliphatic rings. The van der Waals surface area contributed by atoms with Crippen LogP contribution in [0.5, 0.6) is 0 Å². The largest absolute Gasteiger partial charge is 0.439 e. The Kier molecular flexibility index (Phi) is 4.39. The Labute approximate surface area is 151 Å². The van der Waals surface area contributed by atoms with Gasteiger partial charge in [-0.05, 0) is 29.8 Å². The predicted molar refractivity (Wildman–Crippen MR) is 90.9 cm³/mol. The average molecular weight is 389 g/mol. The minimum atomic E-state index is -4.61.